The molecule has 0 aliphatic carbocycles. The van der Waals surface area contributed by atoms with Crippen LogP contribution in [-0.2, 0) is 4.74 Å². The monoisotopic (exact) mass is 474 g/mol. The summed E-state index contributed by atoms with van der Waals surface area (Å²) in [5, 5.41) is 0.388. The number of anilines is 2. The Kier molecular flexibility index (Phi) is 6.33. The Balaban J connectivity index is 1.49. The van der Waals surface area contributed by atoms with E-state index >= 15 is 0 Å². The van der Waals surface area contributed by atoms with E-state index < -0.39 is 11.8 Å². The van der Waals surface area contributed by atoms with E-state index in [1.807, 2.05) is 4.90 Å². The van der Waals surface area contributed by atoms with Crippen molar-refractivity contribution >= 4 is 46.7 Å². The van der Waals surface area contributed by atoms with E-state index in [0.717, 1.165) is 31.5 Å². The standard InChI is InChI=1S/C20H22Cl2F2N4OS/c1-27-7-6-12(9-27)20(29-2)10-28(11-20)14-8-13(23)19(18(22)17(14)21)30-26-16-5-3-4-15(24)25-16/h3-5,8,12H,6-7,9-11H2,1-2H3,(H,25,26). The molecule has 2 aromatic rings. The van der Waals surface area contributed by atoms with Crippen molar-refractivity contribution in [1.29, 1.82) is 0 Å². The van der Waals surface area contributed by atoms with Crippen LogP contribution in [0.15, 0.2) is 29.2 Å². The molecule has 4 rings (SSSR count). The first-order valence-electron chi connectivity index (χ1n) is 9.54. The highest BCUT2D eigenvalue weighted by molar-refractivity contribution is 8.00. The summed E-state index contributed by atoms with van der Waals surface area (Å²) in [4.78, 5) is 8.11. The first-order valence-corrected chi connectivity index (χ1v) is 11.1. The molecular weight excluding hydrogens is 453 g/mol. The van der Waals surface area contributed by atoms with Crippen LogP contribution in [0.1, 0.15) is 6.42 Å². The summed E-state index contributed by atoms with van der Waals surface area (Å²) in [6, 6.07) is 5.69. The van der Waals surface area contributed by atoms with Crippen LogP contribution < -0.4 is 9.62 Å². The van der Waals surface area contributed by atoms with Crippen LogP contribution in [0.3, 0.4) is 0 Å². The lowest BCUT2D eigenvalue weighted by Crippen LogP contribution is -2.67. The molecule has 0 saturated carbocycles. The maximum atomic E-state index is 14.9. The van der Waals surface area contributed by atoms with E-state index in [1.165, 1.54) is 18.2 Å². The molecule has 0 radical (unpaired) electrons. The third-order valence-electron chi connectivity index (χ3n) is 5.87. The van der Waals surface area contributed by atoms with Crippen LogP contribution in [0.4, 0.5) is 20.3 Å². The van der Waals surface area contributed by atoms with Gasteiger partial charge < -0.3 is 19.3 Å². The second-order valence-corrected chi connectivity index (χ2v) is 9.33. The smallest absolute Gasteiger partial charge is 0.214 e. The topological polar surface area (TPSA) is 40.6 Å². The molecule has 2 aliphatic heterocycles. The second-order valence-electron chi connectivity index (χ2n) is 7.76. The minimum absolute atomic E-state index is 0.107. The van der Waals surface area contributed by atoms with Gasteiger partial charge in [0, 0.05) is 38.7 Å². The number of pyridine rings is 1. The maximum absolute atomic E-state index is 14.9. The molecule has 1 aromatic carbocycles. The Morgan fingerprint density at radius 3 is 2.67 bits per heavy atom. The zero-order valence-corrected chi connectivity index (χ0v) is 18.9. The van der Waals surface area contributed by atoms with Crippen molar-refractivity contribution in [2.75, 3.05) is 50.0 Å². The first-order chi connectivity index (χ1) is 14.3. The van der Waals surface area contributed by atoms with Gasteiger partial charge in [-0.3, -0.25) is 0 Å². The number of nitrogens with one attached hydrogen (secondary N) is 1. The number of halogens is 4. The predicted molar refractivity (Wildman–Crippen MR) is 118 cm³/mol. The van der Waals surface area contributed by atoms with Crippen molar-refractivity contribution in [3.63, 3.8) is 0 Å². The fourth-order valence-corrected chi connectivity index (χ4v) is 5.44. The minimum atomic E-state index is -0.631. The molecule has 5 nitrogen and oxygen atoms in total. The second kappa shape index (κ2) is 8.67. The Morgan fingerprint density at radius 2 is 2.03 bits per heavy atom. The van der Waals surface area contributed by atoms with Crippen LogP contribution in [0.25, 0.3) is 0 Å². The molecule has 2 saturated heterocycles. The third-order valence-corrected chi connectivity index (χ3v) is 7.75. The fraction of sp³-hybridized carbons (Fsp3) is 0.450. The number of methoxy groups -OCH3 is 1. The van der Waals surface area contributed by atoms with Gasteiger partial charge in [-0.1, -0.05) is 29.3 Å². The minimum Gasteiger partial charge on any atom is -0.374 e. The van der Waals surface area contributed by atoms with E-state index in [4.69, 9.17) is 27.9 Å². The van der Waals surface area contributed by atoms with Crippen molar-refractivity contribution in [2.24, 2.45) is 5.92 Å². The average molecular weight is 475 g/mol. The van der Waals surface area contributed by atoms with E-state index in [1.54, 1.807) is 13.2 Å². The lowest BCUT2D eigenvalue weighted by Gasteiger charge is -2.53. The highest BCUT2D eigenvalue weighted by Crippen LogP contribution is 2.46. The van der Waals surface area contributed by atoms with Crippen LogP contribution in [0.5, 0.6) is 0 Å². The molecule has 2 fully saturated rings. The van der Waals surface area contributed by atoms with Crippen molar-refractivity contribution in [3.8, 4) is 0 Å². The van der Waals surface area contributed by atoms with Gasteiger partial charge in [-0.25, -0.2) is 9.37 Å². The van der Waals surface area contributed by atoms with E-state index in [-0.39, 0.29) is 26.4 Å². The number of rotatable bonds is 6. The average Bonchev–Trinajstić information content (AvgIpc) is 3.11. The highest BCUT2D eigenvalue weighted by Gasteiger charge is 2.51. The summed E-state index contributed by atoms with van der Waals surface area (Å²) in [7, 11) is 3.84. The molecule has 0 amide bonds. The third kappa shape index (κ3) is 4.08. The van der Waals surface area contributed by atoms with Gasteiger partial charge in [0.1, 0.15) is 17.2 Å². The Bertz CT molecular complexity index is 945. The van der Waals surface area contributed by atoms with E-state index in [9.17, 15) is 8.78 Å². The van der Waals surface area contributed by atoms with Gasteiger partial charge in [0.25, 0.3) is 0 Å². The van der Waals surface area contributed by atoms with E-state index in [2.05, 4.69) is 21.7 Å². The van der Waals surface area contributed by atoms with Crippen molar-refractivity contribution in [2.45, 2.75) is 16.9 Å². The van der Waals surface area contributed by atoms with Crippen LogP contribution >= 0.6 is 35.1 Å². The highest BCUT2D eigenvalue weighted by atomic mass is 35.5. The molecule has 3 heterocycles. The molecule has 30 heavy (non-hydrogen) atoms. The zero-order chi connectivity index (χ0) is 21.5. The van der Waals surface area contributed by atoms with E-state index in [0.29, 0.717) is 24.7 Å². The summed E-state index contributed by atoms with van der Waals surface area (Å²) in [6.07, 6.45) is 1.08. The Labute approximate surface area is 188 Å². The number of aromatic nitrogens is 1. The zero-order valence-electron chi connectivity index (χ0n) is 16.6. The van der Waals surface area contributed by atoms with Crippen molar-refractivity contribution < 1.29 is 13.5 Å². The van der Waals surface area contributed by atoms with Gasteiger partial charge in [-0.2, -0.15) is 4.39 Å². The summed E-state index contributed by atoms with van der Waals surface area (Å²) in [5.74, 6) is -0.456. The van der Waals surface area contributed by atoms with Gasteiger partial charge in [0.2, 0.25) is 5.95 Å². The Hall–Kier alpha value is -1.32. The molecule has 1 N–H and O–H groups in total. The fourth-order valence-electron chi connectivity index (χ4n) is 4.15. The molecule has 1 aromatic heterocycles. The molecule has 1 atom stereocenters. The number of likely N-dealkylation sites (tertiary alicyclic amines) is 1. The van der Waals surface area contributed by atoms with Gasteiger partial charge in [0.05, 0.1) is 20.6 Å². The number of benzene rings is 1. The lowest BCUT2D eigenvalue weighted by molar-refractivity contribution is -0.0752. The normalized spacial score (nSPS) is 21.0. The summed E-state index contributed by atoms with van der Waals surface area (Å²) < 4.78 is 36.8. The first kappa shape index (κ1) is 21.9. The van der Waals surface area contributed by atoms with Crippen molar-refractivity contribution in [1.82, 2.24) is 9.88 Å². The summed E-state index contributed by atoms with van der Waals surface area (Å²) in [5.41, 5.74) is 0.293. The SMILES string of the molecule is COC1(C2CCN(C)C2)CN(c2cc(F)c(SNc3cccc(F)n3)c(Cl)c2Cl)C1. The largest absolute Gasteiger partial charge is 0.374 e. The molecule has 10 heteroatoms. The summed E-state index contributed by atoms with van der Waals surface area (Å²) >= 11 is 13.8. The van der Waals surface area contributed by atoms with Crippen LogP contribution in [0, 0.1) is 17.7 Å². The molecule has 0 spiro atoms. The Morgan fingerprint density at radius 1 is 1.27 bits per heavy atom. The van der Waals surface area contributed by atoms with Gasteiger partial charge in [-0.15, -0.1) is 0 Å². The maximum Gasteiger partial charge on any atom is 0.214 e. The van der Waals surface area contributed by atoms with Crippen molar-refractivity contribution in [3.05, 3.63) is 46.1 Å². The van der Waals surface area contributed by atoms with Crippen LogP contribution in [0.2, 0.25) is 10.0 Å². The number of hydrogen-bond acceptors (Lipinski definition) is 6. The van der Waals surface area contributed by atoms with Gasteiger partial charge >= 0.3 is 0 Å². The molecule has 0 bridgehead atoms. The van der Waals surface area contributed by atoms with Gasteiger partial charge in [-0.05, 0) is 44.1 Å². The quantitative estimate of drug-likeness (QED) is 0.363. The van der Waals surface area contributed by atoms with Gasteiger partial charge in [0.15, 0.2) is 0 Å². The summed E-state index contributed by atoms with van der Waals surface area (Å²) in [6.45, 7) is 3.31. The number of nitrogens with zero attached hydrogens (tertiary/aromatic N) is 3. The predicted octanol–water partition coefficient (Wildman–Crippen LogP) is 4.94. The number of ether oxygens (including phenoxy) is 1. The van der Waals surface area contributed by atoms with Crippen LogP contribution in [-0.4, -0.2) is 55.8 Å². The number of hydrogen-bond donors (Lipinski definition) is 1. The molecule has 162 valence electrons. The molecule has 2 aliphatic rings. The lowest BCUT2D eigenvalue weighted by atomic mass is 9.79. The molecular formula is C20H22Cl2F2N4OS. The molecule has 1 unspecified atom stereocenters.